The Morgan fingerprint density at radius 1 is 1.17 bits per heavy atom. The van der Waals surface area contributed by atoms with Gasteiger partial charge in [-0.25, -0.2) is 0 Å². The van der Waals surface area contributed by atoms with E-state index in [0.717, 1.165) is 16.5 Å². The Morgan fingerprint density at radius 2 is 1.97 bits per heavy atom. The molecule has 0 radical (unpaired) electrons. The fourth-order valence-electron chi connectivity index (χ4n) is 4.11. The third-order valence-corrected chi connectivity index (χ3v) is 5.63. The second-order valence-corrected chi connectivity index (χ2v) is 7.64. The number of nitrogens with zero attached hydrogens (tertiary/aromatic N) is 1. The molecule has 0 bridgehead atoms. The minimum absolute atomic E-state index is 0.233. The molecule has 4 rings (SSSR count). The average molecular weight is 408 g/mol. The van der Waals surface area contributed by atoms with E-state index in [1.165, 1.54) is 0 Å². The summed E-state index contributed by atoms with van der Waals surface area (Å²) in [5.74, 6) is -1.70. The minimum Gasteiger partial charge on any atom is -0.489 e. The first-order valence-corrected chi connectivity index (χ1v) is 10.0. The highest BCUT2D eigenvalue weighted by Gasteiger charge is 2.35. The molecule has 0 amide bonds. The molecule has 3 aromatic rings. The number of fused-ring (bicyclic) bond motifs is 1. The number of likely N-dealkylation sites (tertiary alicyclic amines) is 1. The first-order valence-electron chi connectivity index (χ1n) is 10.0. The predicted molar refractivity (Wildman–Crippen MR) is 111 cm³/mol. The van der Waals surface area contributed by atoms with Crippen molar-refractivity contribution in [2.75, 3.05) is 13.1 Å². The van der Waals surface area contributed by atoms with Gasteiger partial charge in [0.2, 0.25) is 0 Å². The van der Waals surface area contributed by atoms with Gasteiger partial charge in [-0.15, -0.1) is 0 Å². The number of piperidine rings is 1. The van der Waals surface area contributed by atoms with Crippen LogP contribution in [0, 0.1) is 5.92 Å². The van der Waals surface area contributed by atoms with Gasteiger partial charge in [-0.3, -0.25) is 14.5 Å². The highest BCUT2D eigenvalue weighted by molar-refractivity contribution is 5.90. The number of rotatable bonds is 7. The van der Waals surface area contributed by atoms with Gasteiger partial charge in [-0.05, 0) is 37.1 Å². The number of hydrogen-bond donors (Lipinski definition) is 3. The zero-order valence-electron chi connectivity index (χ0n) is 16.5. The molecule has 2 aromatic carbocycles. The molecule has 1 aliphatic heterocycles. The van der Waals surface area contributed by atoms with E-state index in [2.05, 4.69) is 4.98 Å². The number of carboxylic acids is 2. The summed E-state index contributed by atoms with van der Waals surface area (Å²) in [4.78, 5) is 28.4. The molecule has 2 unspecified atom stereocenters. The predicted octanol–water partition coefficient (Wildman–Crippen LogP) is 3.67. The van der Waals surface area contributed by atoms with Gasteiger partial charge in [0.05, 0.1) is 5.92 Å². The van der Waals surface area contributed by atoms with E-state index in [9.17, 15) is 19.8 Å². The fourth-order valence-corrected chi connectivity index (χ4v) is 4.11. The largest absolute Gasteiger partial charge is 0.489 e. The maximum absolute atomic E-state index is 12.1. The van der Waals surface area contributed by atoms with Gasteiger partial charge < -0.3 is 19.9 Å². The molecule has 2 atom stereocenters. The van der Waals surface area contributed by atoms with Crippen molar-refractivity contribution >= 4 is 22.8 Å². The summed E-state index contributed by atoms with van der Waals surface area (Å²) in [5, 5.41) is 20.1. The van der Waals surface area contributed by atoms with Crippen LogP contribution in [0.3, 0.4) is 0 Å². The highest BCUT2D eigenvalue weighted by atomic mass is 16.5. The topological polar surface area (TPSA) is 103 Å². The average Bonchev–Trinajstić information content (AvgIpc) is 3.16. The third kappa shape index (κ3) is 4.16. The number of aromatic nitrogens is 1. The second-order valence-electron chi connectivity index (χ2n) is 7.64. The summed E-state index contributed by atoms with van der Waals surface area (Å²) >= 11 is 0. The Balaban J connectivity index is 1.56. The van der Waals surface area contributed by atoms with Crippen LogP contribution in [0.15, 0.2) is 54.7 Å². The van der Waals surface area contributed by atoms with Crippen molar-refractivity contribution < 1.29 is 24.5 Å². The molecule has 7 heteroatoms. The molecule has 1 saturated heterocycles. The fraction of sp³-hybridized carbons (Fsp3) is 0.304. The van der Waals surface area contributed by atoms with Crippen molar-refractivity contribution in [1.29, 1.82) is 0 Å². The van der Waals surface area contributed by atoms with Crippen molar-refractivity contribution in [3.8, 4) is 5.75 Å². The molecule has 3 N–H and O–H groups in total. The van der Waals surface area contributed by atoms with E-state index in [1.54, 1.807) is 11.1 Å². The molecule has 0 aliphatic carbocycles. The molecule has 30 heavy (non-hydrogen) atoms. The summed E-state index contributed by atoms with van der Waals surface area (Å²) in [6, 6.07) is 14.5. The van der Waals surface area contributed by atoms with Gasteiger partial charge in [0.25, 0.3) is 0 Å². The smallest absolute Gasteiger partial charge is 0.325 e. The van der Waals surface area contributed by atoms with Crippen LogP contribution in [0.4, 0.5) is 0 Å². The second kappa shape index (κ2) is 8.59. The Hall–Kier alpha value is -3.32. The van der Waals surface area contributed by atoms with E-state index in [1.807, 2.05) is 48.5 Å². The van der Waals surface area contributed by atoms with Crippen LogP contribution in [-0.2, 0) is 16.2 Å². The van der Waals surface area contributed by atoms with E-state index >= 15 is 0 Å². The normalized spacial score (nSPS) is 18.2. The Bertz CT molecular complexity index is 1050. The van der Waals surface area contributed by atoms with Crippen LogP contribution in [0.2, 0.25) is 0 Å². The summed E-state index contributed by atoms with van der Waals surface area (Å²) in [5.41, 5.74) is 2.49. The van der Waals surface area contributed by atoms with E-state index in [0.29, 0.717) is 37.3 Å². The molecular formula is C23H24N2O5. The maximum atomic E-state index is 12.1. The first-order chi connectivity index (χ1) is 14.5. The van der Waals surface area contributed by atoms with Crippen molar-refractivity contribution in [2.45, 2.75) is 25.5 Å². The Morgan fingerprint density at radius 3 is 2.70 bits per heavy atom. The number of aromatic amines is 1. The minimum atomic E-state index is -0.980. The number of nitrogens with one attached hydrogen (secondary N) is 1. The lowest BCUT2D eigenvalue weighted by Crippen LogP contribution is -2.43. The first kappa shape index (κ1) is 20.0. The Kier molecular flexibility index (Phi) is 5.72. The summed E-state index contributed by atoms with van der Waals surface area (Å²) < 4.78 is 5.86. The van der Waals surface area contributed by atoms with Crippen LogP contribution in [0.5, 0.6) is 5.75 Å². The lowest BCUT2D eigenvalue weighted by molar-refractivity contribution is -0.149. The number of carbonyl (C=O) groups is 2. The SMILES string of the molecule is O=C(O)C1CCCN(C(C(=O)O)c2c[nH]c3cc(OCc4ccccc4)ccc23)C1. The van der Waals surface area contributed by atoms with Gasteiger partial charge >= 0.3 is 11.9 Å². The summed E-state index contributed by atoms with van der Waals surface area (Å²) in [6.07, 6.45) is 2.95. The molecule has 2 heterocycles. The van der Waals surface area contributed by atoms with Gasteiger partial charge in [-0.2, -0.15) is 0 Å². The lowest BCUT2D eigenvalue weighted by atomic mass is 9.94. The van der Waals surface area contributed by atoms with Crippen LogP contribution < -0.4 is 4.74 Å². The number of carboxylic acid groups (broad SMARTS) is 2. The van der Waals surface area contributed by atoms with E-state index in [-0.39, 0.29) is 6.54 Å². The highest BCUT2D eigenvalue weighted by Crippen LogP contribution is 2.33. The summed E-state index contributed by atoms with van der Waals surface area (Å²) in [7, 11) is 0. The monoisotopic (exact) mass is 408 g/mol. The third-order valence-electron chi connectivity index (χ3n) is 5.63. The molecule has 7 nitrogen and oxygen atoms in total. The van der Waals surface area contributed by atoms with Gasteiger partial charge in [-0.1, -0.05) is 30.3 Å². The van der Waals surface area contributed by atoms with Crippen molar-refractivity contribution in [1.82, 2.24) is 9.88 Å². The van der Waals surface area contributed by atoms with Crippen LogP contribution in [0.1, 0.15) is 30.0 Å². The molecule has 0 spiro atoms. The number of benzene rings is 2. The summed E-state index contributed by atoms with van der Waals surface area (Å²) in [6.45, 7) is 1.24. The molecule has 1 aliphatic rings. The Labute approximate surface area is 173 Å². The zero-order chi connectivity index (χ0) is 21.1. The van der Waals surface area contributed by atoms with E-state index in [4.69, 9.17) is 4.74 Å². The molecule has 0 saturated carbocycles. The molecular weight excluding hydrogens is 384 g/mol. The van der Waals surface area contributed by atoms with Crippen LogP contribution in [-0.4, -0.2) is 45.1 Å². The standard InChI is InChI=1S/C23H24N2O5/c26-22(27)16-7-4-10-25(13-16)21(23(28)29)19-12-24-20-11-17(8-9-18(19)20)30-14-15-5-2-1-3-6-15/h1-3,5-6,8-9,11-12,16,21,24H,4,7,10,13-14H2,(H,26,27)(H,28,29). The lowest BCUT2D eigenvalue weighted by Gasteiger charge is -2.34. The van der Waals surface area contributed by atoms with E-state index < -0.39 is 23.9 Å². The van der Waals surface area contributed by atoms with Crippen LogP contribution >= 0.6 is 0 Å². The quantitative estimate of drug-likeness (QED) is 0.551. The van der Waals surface area contributed by atoms with Gasteiger partial charge in [0, 0.05) is 35.3 Å². The molecule has 1 aromatic heterocycles. The maximum Gasteiger partial charge on any atom is 0.325 e. The van der Waals surface area contributed by atoms with Gasteiger partial charge in [0.15, 0.2) is 0 Å². The van der Waals surface area contributed by atoms with Gasteiger partial charge in [0.1, 0.15) is 18.4 Å². The molecule has 1 fully saturated rings. The zero-order valence-corrected chi connectivity index (χ0v) is 16.5. The van der Waals surface area contributed by atoms with Crippen molar-refractivity contribution in [2.24, 2.45) is 5.92 Å². The molecule has 156 valence electrons. The number of hydrogen-bond acceptors (Lipinski definition) is 4. The van der Waals surface area contributed by atoms with Crippen molar-refractivity contribution in [3.63, 3.8) is 0 Å². The number of ether oxygens (including phenoxy) is 1. The number of H-pyrrole nitrogens is 1. The van der Waals surface area contributed by atoms with Crippen LogP contribution in [0.25, 0.3) is 10.9 Å². The number of aliphatic carboxylic acids is 2. The van der Waals surface area contributed by atoms with Crippen molar-refractivity contribution in [3.05, 3.63) is 65.9 Å².